The molecule has 1 aromatic rings. The Labute approximate surface area is 164 Å². The number of nitrogens with zero attached hydrogens (tertiary/aromatic N) is 3. The maximum atomic E-state index is 12.9. The van der Waals surface area contributed by atoms with Crippen LogP contribution in [-0.2, 0) is 18.3 Å². The number of aliphatic hydroxyl groups is 2. The van der Waals surface area contributed by atoms with Gasteiger partial charge in [-0.15, -0.1) is 0 Å². The lowest BCUT2D eigenvalue weighted by Crippen LogP contribution is -2.36. The summed E-state index contributed by atoms with van der Waals surface area (Å²) in [5, 5.41) is 37.9. The number of hydrogen-bond acceptors (Lipinski definition) is 10. The number of aryl methyl sites for hydroxylation is 1. The van der Waals surface area contributed by atoms with Crippen molar-refractivity contribution in [2.24, 2.45) is 0 Å². The average molecular weight is 426 g/mol. The van der Waals surface area contributed by atoms with Gasteiger partial charge in [-0.1, -0.05) is 0 Å². The van der Waals surface area contributed by atoms with Crippen molar-refractivity contribution >= 4 is 7.60 Å². The van der Waals surface area contributed by atoms with Crippen LogP contribution >= 0.6 is 7.60 Å². The van der Waals surface area contributed by atoms with Crippen molar-refractivity contribution in [3.63, 3.8) is 0 Å². The van der Waals surface area contributed by atoms with Crippen molar-refractivity contribution in [2.75, 3.05) is 13.2 Å². The zero-order valence-electron chi connectivity index (χ0n) is 15.3. The molecular formula is C16H19N4O8P. The molecule has 3 atom stereocenters. The largest absolute Gasteiger partial charge is 0.468 e. The summed E-state index contributed by atoms with van der Waals surface area (Å²) in [6.07, 6.45) is -0.824. The van der Waals surface area contributed by atoms with Crippen LogP contribution in [0.1, 0.15) is 24.6 Å². The van der Waals surface area contributed by atoms with Gasteiger partial charge in [0.15, 0.2) is 0 Å². The minimum atomic E-state index is -4.29. The van der Waals surface area contributed by atoms with E-state index in [9.17, 15) is 24.4 Å². The van der Waals surface area contributed by atoms with Crippen LogP contribution in [0.2, 0.25) is 0 Å². The Morgan fingerprint density at radius 1 is 1.31 bits per heavy atom. The van der Waals surface area contributed by atoms with E-state index in [0.717, 1.165) is 10.6 Å². The fourth-order valence-electron chi connectivity index (χ4n) is 2.41. The Bertz CT molecular complexity index is 993. The molecule has 12 nitrogen and oxygen atoms in total. The fraction of sp³-hybridized carbons (Fsp3) is 0.500. The summed E-state index contributed by atoms with van der Waals surface area (Å²) in [4.78, 5) is 25.6. The molecule has 0 aromatic carbocycles. The lowest BCUT2D eigenvalue weighted by Gasteiger charge is -2.24. The first kappa shape index (κ1) is 22.6. The van der Waals surface area contributed by atoms with Crippen LogP contribution in [-0.4, -0.2) is 44.9 Å². The second-order valence-electron chi connectivity index (χ2n) is 5.94. The molecule has 0 bridgehead atoms. The summed E-state index contributed by atoms with van der Waals surface area (Å²) in [6, 6.07) is 3.56. The number of ether oxygens (including phenoxy) is 1. The zero-order valence-corrected chi connectivity index (χ0v) is 16.2. The van der Waals surface area contributed by atoms with Crippen molar-refractivity contribution < 1.29 is 28.6 Å². The molecule has 0 amide bonds. The van der Waals surface area contributed by atoms with Crippen molar-refractivity contribution in [1.29, 1.82) is 10.5 Å². The molecule has 2 heterocycles. The summed E-state index contributed by atoms with van der Waals surface area (Å²) >= 11 is 0. The number of nitriles is 2. The maximum Gasteiger partial charge on any atom is 0.366 e. The molecular weight excluding hydrogens is 407 g/mol. The first-order valence-corrected chi connectivity index (χ1v) is 10.0. The van der Waals surface area contributed by atoms with Gasteiger partial charge < -0.3 is 24.0 Å². The van der Waals surface area contributed by atoms with E-state index in [2.05, 4.69) is 4.98 Å². The number of nitrogens with one attached hydrogen (secondary N) is 1. The second kappa shape index (κ2) is 9.65. The zero-order chi connectivity index (χ0) is 21.6. The normalized spacial score (nSPS) is 19.7. The standard InChI is InChI=1S/C16H19N4O8P/c1-10-9-20(16(24)19-13(10)22)14-11(21)8-12(28-14)15(23)29(25,26-6-2-4-17)27-7-3-5-18/h8-9,11,14-15,21,23H,2-3,6-7H2,1H3,(H,19,22,24)/t11-,14-,15?/m1/s1. The van der Waals surface area contributed by atoms with E-state index in [0.29, 0.717) is 0 Å². The molecule has 0 radical (unpaired) electrons. The Morgan fingerprint density at radius 2 is 1.90 bits per heavy atom. The van der Waals surface area contributed by atoms with E-state index in [1.165, 1.54) is 13.1 Å². The number of hydrogen-bond donors (Lipinski definition) is 3. The van der Waals surface area contributed by atoms with Crippen molar-refractivity contribution in [1.82, 2.24) is 9.55 Å². The van der Waals surface area contributed by atoms with E-state index in [-0.39, 0.29) is 37.4 Å². The van der Waals surface area contributed by atoms with Gasteiger partial charge in [-0.25, -0.2) is 4.79 Å². The van der Waals surface area contributed by atoms with Gasteiger partial charge in [0, 0.05) is 11.8 Å². The van der Waals surface area contributed by atoms with Gasteiger partial charge in [0.1, 0.15) is 11.9 Å². The lowest BCUT2D eigenvalue weighted by molar-refractivity contribution is -0.0172. The first-order valence-electron chi connectivity index (χ1n) is 8.42. The number of aliphatic hydroxyl groups excluding tert-OH is 2. The Balaban J connectivity index is 2.25. The van der Waals surface area contributed by atoms with Crippen LogP contribution in [0.25, 0.3) is 0 Å². The van der Waals surface area contributed by atoms with Crippen LogP contribution in [0.4, 0.5) is 0 Å². The van der Waals surface area contributed by atoms with E-state index >= 15 is 0 Å². The third-order valence-electron chi connectivity index (χ3n) is 3.83. The molecule has 0 saturated heterocycles. The number of rotatable bonds is 9. The highest BCUT2D eigenvalue weighted by atomic mass is 31.2. The van der Waals surface area contributed by atoms with Gasteiger partial charge in [-0.3, -0.25) is 18.9 Å². The highest BCUT2D eigenvalue weighted by molar-refractivity contribution is 7.54. The Hall–Kier alpha value is -2.73. The minimum absolute atomic E-state index is 0.129. The quantitative estimate of drug-likeness (QED) is 0.358. The molecule has 0 aliphatic carbocycles. The number of aromatic nitrogens is 2. The monoisotopic (exact) mass is 426 g/mol. The smallest absolute Gasteiger partial charge is 0.366 e. The van der Waals surface area contributed by atoms with Crippen LogP contribution in [0.5, 0.6) is 0 Å². The highest BCUT2D eigenvalue weighted by Crippen LogP contribution is 2.56. The topological polar surface area (TPSA) is 188 Å². The first-order chi connectivity index (χ1) is 13.7. The van der Waals surface area contributed by atoms with Crippen molar-refractivity contribution in [2.45, 2.75) is 37.9 Å². The second-order valence-corrected chi connectivity index (χ2v) is 8.03. The number of H-pyrrole nitrogens is 1. The number of aromatic amines is 1. The summed E-state index contributed by atoms with van der Waals surface area (Å²) in [5.41, 5.74) is -1.28. The van der Waals surface area contributed by atoms with Crippen LogP contribution in [0.3, 0.4) is 0 Å². The summed E-state index contributed by atoms with van der Waals surface area (Å²) in [5.74, 6) is -2.35. The molecule has 0 saturated carbocycles. The summed E-state index contributed by atoms with van der Waals surface area (Å²) in [7, 11) is -4.29. The van der Waals surface area contributed by atoms with E-state index < -0.39 is 37.0 Å². The maximum absolute atomic E-state index is 12.9. The Kier molecular flexibility index (Phi) is 7.51. The molecule has 1 aliphatic rings. The molecule has 1 aliphatic heterocycles. The molecule has 3 N–H and O–H groups in total. The predicted octanol–water partition coefficient (Wildman–Crippen LogP) is -0.00932. The molecule has 2 rings (SSSR count). The molecule has 156 valence electrons. The minimum Gasteiger partial charge on any atom is -0.468 e. The summed E-state index contributed by atoms with van der Waals surface area (Å²) < 4.78 is 29.4. The molecule has 0 spiro atoms. The van der Waals surface area contributed by atoms with Gasteiger partial charge in [0.2, 0.25) is 12.1 Å². The van der Waals surface area contributed by atoms with Crippen molar-refractivity contribution in [3.05, 3.63) is 44.4 Å². The SMILES string of the molecule is Cc1cn([C@@H]2OC(C(O)P(=O)(OCCC#N)OCCC#N)=C[C@H]2O)c(=O)[nH]c1=O. The predicted molar refractivity (Wildman–Crippen MR) is 96.2 cm³/mol. The van der Waals surface area contributed by atoms with Gasteiger partial charge in [-0.05, 0) is 13.0 Å². The Morgan fingerprint density at radius 3 is 2.45 bits per heavy atom. The van der Waals surface area contributed by atoms with Crippen LogP contribution in [0.15, 0.2) is 27.6 Å². The van der Waals surface area contributed by atoms with Gasteiger partial charge in [0.05, 0.1) is 38.2 Å². The third-order valence-corrected chi connectivity index (χ3v) is 5.77. The molecule has 29 heavy (non-hydrogen) atoms. The van der Waals surface area contributed by atoms with Crippen LogP contribution < -0.4 is 11.2 Å². The summed E-state index contributed by atoms with van der Waals surface area (Å²) in [6.45, 7) is 0.823. The van der Waals surface area contributed by atoms with Gasteiger partial charge in [-0.2, -0.15) is 10.5 Å². The van der Waals surface area contributed by atoms with E-state index in [1.807, 2.05) is 0 Å². The molecule has 1 unspecified atom stereocenters. The van der Waals surface area contributed by atoms with Crippen molar-refractivity contribution in [3.8, 4) is 12.1 Å². The third kappa shape index (κ3) is 5.21. The lowest BCUT2D eigenvalue weighted by atomic mass is 10.3. The van der Waals surface area contributed by atoms with Gasteiger partial charge >= 0.3 is 13.3 Å². The average Bonchev–Trinajstić information content (AvgIpc) is 3.06. The molecule has 0 fully saturated rings. The van der Waals surface area contributed by atoms with Crippen LogP contribution in [0, 0.1) is 29.6 Å². The van der Waals surface area contributed by atoms with Gasteiger partial charge in [0.25, 0.3) is 5.56 Å². The highest BCUT2D eigenvalue weighted by Gasteiger charge is 2.43. The van der Waals surface area contributed by atoms with E-state index in [1.54, 1.807) is 12.1 Å². The molecule has 13 heteroatoms. The fourth-order valence-corrected chi connectivity index (χ4v) is 3.92. The molecule has 1 aromatic heterocycles. The van der Waals surface area contributed by atoms with E-state index in [4.69, 9.17) is 24.3 Å².